The highest BCUT2D eigenvalue weighted by molar-refractivity contribution is 6.29. The van der Waals surface area contributed by atoms with Gasteiger partial charge in [-0.25, -0.2) is 4.98 Å². The van der Waals surface area contributed by atoms with Gasteiger partial charge in [-0.15, -0.1) is 0 Å². The van der Waals surface area contributed by atoms with Crippen molar-refractivity contribution >= 4 is 23.3 Å². The van der Waals surface area contributed by atoms with Crippen LogP contribution in [0.25, 0.3) is 0 Å². The van der Waals surface area contributed by atoms with Gasteiger partial charge in [0, 0.05) is 32.3 Å². The molecule has 0 aliphatic rings. The normalized spacial score (nSPS) is 12.1. The number of halogens is 1. The number of aliphatic hydroxyl groups excluding tert-OH is 1. The fourth-order valence-corrected chi connectivity index (χ4v) is 1.82. The zero-order chi connectivity index (χ0) is 14.4. The van der Waals surface area contributed by atoms with Crippen molar-refractivity contribution < 1.29 is 9.90 Å². The second-order valence-electron chi connectivity index (χ2n) is 4.67. The van der Waals surface area contributed by atoms with Gasteiger partial charge in [-0.3, -0.25) is 4.79 Å². The van der Waals surface area contributed by atoms with Gasteiger partial charge < -0.3 is 15.3 Å². The predicted octanol–water partition coefficient (Wildman–Crippen LogP) is 1.69. The van der Waals surface area contributed by atoms with E-state index in [0.29, 0.717) is 23.0 Å². The Bertz CT molecular complexity index is 438. The van der Waals surface area contributed by atoms with Crippen LogP contribution in [-0.2, 0) is 0 Å². The minimum absolute atomic E-state index is 0.00870. The Balaban J connectivity index is 2.76. The number of nitrogens with zero attached hydrogens (tertiary/aromatic N) is 2. The van der Waals surface area contributed by atoms with Crippen molar-refractivity contribution in [1.29, 1.82) is 0 Å². The van der Waals surface area contributed by atoms with Gasteiger partial charge in [-0.05, 0) is 31.9 Å². The quantitative estimate of drug-likeness (QED) is 0.781. The van der Waals surface area contributed by atoms with E-state index < -0.39 is 0 Å². The van der Waals surface area contributed by atoms with E-state index in [2.05, 4.69) is 10.3 Å². The van der Waals surface area contributed by atoms with Gasteiger partial charge >= 0.3 is 0 Å². The van der Waals surface area contributed by atoms with Crippen LogP contribution < -0.4 is 10.2 Å². The molecule has 1 heterocycles. The van der Waals surface area contributed by atoms with E-state index in [1.54, 1.807) is 17.0 Å². The molecule has 0 aromatic carbocycles. The fourth-order valence-electron chi connectivity index (χ4n) is 1.62. The number of carbonyl (C=O) groups is 1. The van der Waals surface area contributed by atoms with Crippen molar-refractivity contribution in [1.82, 2.24) is 10.3 Å². The Morgan fingerprint density at radius 3 is 2.79 bits per heavy atom. The van der Waals surface area contributed by atoms with Crippen LogP contribution in [0.2, 0.25) is 5.15 Å². The average molecular weight is 286 g/mol. The molecule has 1 atom stereocenters. The van der Waals surface area contributed by atoms with Crippen LogP contribution in [-0.4, -0.2) is 42.7 Å². The van der Waals surface area contributed by atoms with Gasteiger partial charge in [0.05, 0.1) is 0 Å². The summed E-state index contributed by atoms with van der Waals surface area (Å²) in [6.07, 6.45) is 1.41. The molecule has 5 nitrogen and oxygen atoms in total. The lowest BCUT2D eigenvalue weighted by Crippen LogP contribution is -2.32. The van der Waals surface area contributed by atoms with Crippen molar-refractivity contribution in [3.05, 3.63) is 22.8 Å². The number of anilines is 1. The Kier molecular flexibility index (Phi) is 6.05. The standard InChI is InChI=1S/C13H20ClN3O2/c1-9(5-4-6-18)15-13(19)10-7-11(14)16-12(8-10)17(2)3/h7-9,18H,4-6H2,1-3H3,(H,15,19). The number of hydrogen-bond acceptors (Lipinski definition) is 4. The van der Waals surface area contributed by atoms with Crippen molar-refractivity contribution in [3.8, 4) is 0 Å². The monoisotopic (exact) mass is 285 g/mol. The maximum atomic E-state index is 12.1. The molecular formula is C13H20ClN3O2. The van der Waals surface area contributed by atoms with Crippen LogP contribution >= 0.6 is 11.6 Å². The van der Waals surface area contributed by atoms with Gasteiger partial charge in [0.15, 0.2) is 0 Å². The third-order valence-electron chi connectivity index (χ3n) is 2.67. The van der Waals surface area contributed by atoms with Crippen molar-refractivity contribution in [2.75, 3.05) is 25.6 Å². The van der Waals surface area contributed by atoms with E-state index in [9.17, 15) is 4.79 Å². The second kappa shape index (κ2) is 7.31. The summed E-state index contributed by atoms with van der Waals surface area (Å²) >= 11 is 5.91. The van der Waals surface area contributed by atoms with E-state index in [1.165, 1.54) is 0 Å². The lowest BCUT2D eigenvalue weighted by atomic mass is 10.1. The molecule has 1 unspecified atom stereocenters. The summed E-state index contributed by atoms with van der Waals surface area (Å²) in [5.41, 5.74) is 0.486. The fraction of sp³-hybridized carbons (Fsp3) is 0.538. The molecule has 0 spiro atoms. The van der Waals surface area contributed by atoms with Crippen molar-refractivity contribution in [2.45, 2.75) is 25.8 Å². The van der Waals surface area contributed by atoms with E-state index >= 15 is 0 Å². The highest BCUT2D eigenvalue weighted by Gasteiger charge is 2.12. The van der Waals surface area contributed by atoms with Crippen LogP contribution in [0, 0.1) is 0 Å². The summed E-state index contributed by atoms with van der Waals surface area (Å²) in [5, 5.41) is 11.9. The van der Waals surface area contributed by atoms with E-state index in [0.717, 1.165) is 6.42 Å². The van der Waals surface area contributed by atoms with Gasteiger partial charge in [-0.1, -0.05) is 11.6 Å². The van der Waals surface area contributed by atoms with Crippen LogP contribution in [0.5, 0.6) is 0 Å². The largest absolute Gasteiger partial charge is 0.396 e. The van der Waals surface area contributed by atoms with E-state index in [4.69, 9.17) is 16.7 Å². The summed E-state index contributed by atoms with van der Waals surface area (Å²) in [4.78, 5) is 18.0. The first-order valence-corrected chi connectivity index (χ1v) is 6.58. The zero-order valence-corrected chi connectivity index (χ0v) is 12.2. The maximum absolute atomic E-state index is 12.1. The number of nitrogens with one attached hydrogen (secondary N) is 1. The number of aliphatic hydroxyl groups is 1. The molecule has 2 N–H and O–H groups in total. The minimum atomic E-state index is -0.183. The first-order chi connectivity index (χ1) is 8.93. The van der Waals surface area contributed by atoms with Crippen LogP contribution in [0.3, 0.4) is 0 Å². The first-order valence-electron chi connectivity index (χ1n) is 6.20. The zero-order valence-electron chi connectivity index (χ0n) is 11.5. The molecule has 106 valence electrons. The number of pyridine rings is 1. The highest BCUT2D eigenvalue weighted by Crippen LogP contribution is 2.16. The van der Waals surface area contributed by atoms with Gasteiger partial charge in [0.1, 0.15) is 11.0 Å². The Labute approximate surface area is 118 Å². The van der Waals surface area contributed by atoms with Crippen LogP contribution in [0.4, 0.5) is 5.82 Å². The molecule has 6 heteroatoms. The molecule has 0 fully saturated rings. The molecular weight excluding hydrogens is 266 g/mol. The Morgan fingerprint density at radius 1 is 1.53 bits per heavy atom. The molecule has 0 aliphatic heterocycles. The van der Waals surface area contributed by atoms with Crippen molar-refractivity contribution in [2.24, 2.45) is 0 Å². The van der Waals surface area contributed by atoms with E-state index in [1.807, 2.05) is 21.0 Å². The summed E-state index contributed by atoms with van der Waals surface area (Å²) in [6.45, 7) is 2.04. The summed E-state index contributed by atoms with van der Waals surface area (Å²) in [7, 11) is 3.68. The molecule has 0 bridgehead atoms. The molecule has 0 aliphatic carbocycles. The second-order valence-corrected chi connectivity index (χ2v) is 5.06. The predicted molar refractivity (Wildman–Crippen MR) is 76.8 cm³/mol. The summed E-state index contributed by atoms with van der Waals surface area (Å²) in [6, 6.07) is 3.25. The molecule has 0 saturated heterocycles. The van der Waals surface area contributed by atoms with Gasteiger partial charge in [0.2, 0.25) is 0 Å². The van der Waals surface area contributed by atoms with Gasteiger partial charge in [0.25, 0.3) is 5.91 Å². The molecule has 1 rings (SSSR count). The number of rotatable bonds is 6. The smallest absolute Gasteiger partial charge is 0.251 e. The first kappa shape index (κ1) is 15.7. The van der Waals surface area contributed by atoms with Crippen molar-refractivity contribution in [3.63, 3.8) is 0 Å². The SMILES string of the molecule is CC(CCCO)NC(=O)c1cc(Cl)nc(N(C)C)c1. The number of aromatic nitrogens is 1. The van der Waals surface area contributed by atoms with E-state index in [-0.39, 0.29) is 18.6 Å². The number of carbonyl (C=O) groups excluding carboxylic acids is 1. The maximum Gasteiger partial charge on any atom is 0.251 e. The molecule has 0 saturated carbocycles. The number of amides is 1. The third-order valence-corrected chi connectivity index (χ3v) is 2.87. The minimum Gasteiger partial charge on any atom is -0.396 e. The summed E-state index contributed by atoms with van der Waals surface area (Å²) in [5.74, 6) is 0.457. The third kappa shape index (κ3) is 5.04. The Morgan fingerprint density at radius 2 is 2.21 bits per heavy atom. The molecule has 1 amide bonds. The molecule has 19 heavy (non-hydrogen) atoms. The van der Waals surface area contributed by atoms with Crippen LogP contribution in [0.1, 0.15) is 30.1 Å². The molecule has 1 aromatic heterocycles. The average Bonchev–Trinajstić information content (AvgIpc) is 2.35. The number of hydrogen-bond donors (Lipinski definition) is 2. The Hall–Kier alpha value is -1.33. The molecule has 1 aromatic rings. The van der Waals surface area contributed by atoms with Gasteiger partial charge in [-0.2, -0.15) is 0 Å². The van der Waals surface area contributed by atoms with Crippen LogP contribution in [0.15, 0.2) is 12.1 Å². The molecule has 0 radical (unpaired) electrons. The summed E-state index contributed by atoms with van der Waals surface area (Å²) < 4.78 is 0. The topological polar surface area (TPSA) is 65.5 Å². The lowest BCUT2D eigenvalue weighted by Gasteiger charge is -2.15. The lowest BCUT2D eigenvalue weighted by molar-refractivity contribution is 0.0936. The highest BCUT2D eigenvalue weighted by atomic mass is 35.5.